The summed E-state index contributed by atoms with van der Waals surface area (Å²) in [4.78, 5) is 0. The molecule has 49 heavy (non-hydrogen) atoms. The van der Waals surface area contributed by atoms with Gasteiger partial charge in [-0.2, -0.15) is 0 Å². The zero-order chi connectivity index (χ0) is 33.4. The normalized spacial score (nSPS) is 11.5. The predicted octanol–water partition coefficient (Wildman–Crippen LogP) is 10.0. The third-order valence-electron chi connectivity index (χ3n) is 8.98. The SMILES string of the molecule is c1ccc(P(CCCP(CCCP(c2ccccc2)c2ccccc2)CCCP(c2ccccc2)c2ccccc2)c2ccccc2)cc1. The molecular formula is C45H48P4. The van der Waals surface area contributed by atoms with Crippen molar-refractivity contribution in [3.8, 4) is 0 Å². The minimum atomic E-state index is -0.332. The highest BCUT2D eigenvalue weighted by Crippen LogP contribution is 2.45. The minimum absolute atomic E-state index is 0.0349. The van der Waals surface area contributed by atoms with Gasteiger partial charge in [0.05, 0.1) is 0 Å². The third-order valence-corrected chi connectivity index (χ3v) is 19.6. The van der Waals surface area contributed by atoms with Crippen molar-refractivity contribution in [3.05, 3.63) is 182 Å². The van der Waals surface area contributed by atoms with Gasteiger partial charge in [0, 0.05) is 0 Å². The van der Waals surface area contributed by atoms with Gasteiger partial charge in [-0.3, -0.25) is 0 Å². The molecule has 0 aliphatic heterocycles. The van der Waals surface area contributed by atoms with E-state index in [1.54, 1.807) is 0 Å². The molecule has 0 atom stereocenters. The maximum Gasteiger partial charge on any atom is -0.0195 e. The van der Waals surface area contributed by atoms with E-state index in [2.05, 4.69) is 182 Å². The molecule has 0 aromatic heterocycles. The van der Waals surface area contributed by atoms with Crippen molar-refractivity contribution in [3.63, 3.8) is 0 Å². The van der Waals surface area contributed by atoms with E-state index >= 15 is 0 Å². The Morgan fingerprint density at radius 1 is 0.224 bits per heavy atom. The summed E-state index contributed by atoms with van der Waals surface area (Å²) in [6, 6.07) is 67.8. The highest BCUT2D eigenvalue weighted by Gasteiger charge is 2.19. The van der Waals surface area contributed by atoms with Gasteiger partial charge in [0.25, 0.3) is 0 Å². The molecule has 6 aromatic rings. The first-order valence-corrected chi connectivity index (χ1v) is 24.2. The van der Waals surface area contributed by atoms with Gasteiger partial charge in [-0.05, 0) is 112 Å². The lowest BCUT2D eigenvalue weighted by Crippen LogP contribution is -2.16. The summed E-state index contributed by atoms with van der Waals surface area (Å²) in [5.41, 5.74) is 0. The molecule has 0 aliphatic rings. The monoisotopic (exact) mass is 712 g/mol. The molecule has 248 valence electrons. The average molecular weight is 713 g/mol. The van der Waals surface area contributed by atoms with Crippen molar-refractivity contribution in [2.45, 2.75) is 19.3 Å². The molecule has 0 bridgehead atoms. The fourth-order valence-corrected chi connectivity index (χ4v) is 16.9. The second kappa shape index (κ2) is 20.0. The predicted molar refractivity (Wildman–Crippen MR) is 227 cm³/mol. The lowest BCUT2D eigenvalue weighted by molar-refractivity contribution is 1.03. The summed E-state index contributed by atoms with van der Waals surface area (Å²) in [5, 5.41) is 9.09. The highest BCUT2D eigenvalue weighted by atomic mass is 31.1. The van der Waals surface area contributed by atoms with E-state index in [-0.39, 0.29) is 31.7 Å². The number of hydrogen-bond acceptors (Lipinski definition) is 0. The van der Waals surface area contributed by atoms with Crippen molar-refractivity contribution in [1.29, 1.82) is 0 Å². The van der Waals surface area contributed by atoms with Gasteiger partial charge >= 0.3 is 0 Å². The summed E-state index contributed by atoms with van der Waals surface area (Å²) < 4.78 is 0. The van der Waals surface area contributed by atoms with Crippen LogP contribution in [0.15, 0.2) is 182 Å². The van der Waals surface area contributed by atoms with Gasteiger partial charge in [-0.15, -0.1) is 7.92 Å². The average Bonchev–Trinajstić information content (AvgIpc) is 3.18. The highest BCUT2D eigenvalue weighted by molar-refractivity contribution is 7.73. The van der Waals surface area contributed by atoms with Crippen molar-refractivity contribution >= 4 is 63.5 Å². The van der Waals surface area contributed by atoms with Gasteiger partial charge in [-0.25, -0.2) is 0 Å². The summed E-state index contributed by atoms with van der Waals surface area (Å²) in [6.45, 7) is 0. The van der Waals surface area contributed by atoms with Crippen LogP contribution in [0.5, 0.6) is 0 Å². The Kier molecular flexibility index (Phi) is 14.7. The first kappa shape index (κ1) is 35.9. The Morgan fingerprint density at radius 2 is 0.408 bits per heavy atom. The van der Waals surface area contributed by atoms with Crippen LogP contribution in [0.2, 0.25) is 0 Å². The molecule has 0 heterocycles. The molecule has 6 aromatic carbocycles. The summed E-state index contributed by atoms with van der Waals surface area (Å²) in [5.74, 6) is 0. The van der Waals surface area contributed by atoms with Crippen LogP contribution >= 0.6 is 31.7 Å². The quantitative estimate of drug-likeness (QED) is 0.0779. The molecule has 4 heteroatoms. The number of benzene rings is 6. The van der Waals surface area contributed by atoms with Crippen LogP contribution in [0.3, 0.4) is 0 Å². The topological polar surface area (TPSA) is 0 Å². The second-order valence-corrected chi connectivity index (χ2v) is 22.1. The third kappa shape index (κ3) is 11.0. The van der Waals surface area contributed by atoms with Gasteiger partial charge in [-0.1, -0.05) is 182 Å². The first-order chi connectivity index (χ1) is 24.3. The molecular weight excluding hydrogens is 664 g/mol. The maximum absolute atomic E-state index is 2.35. The molecule has 0 saturated carbocycles. The molecule has 0 fully saturated rings. The fraction of sp³-hybridized carbons (Fsp3) is 0.200. The van der Waals surface area contributed by atoms with Crippen molar-refractivity contribution < 1.29 is 0 Å². The van der Waals surface area contributed by atoms with Crippen LogP contribution < -0.4 is 31.8 Å². The Morgan fingerprint density at radius 3 is 0.592 bits per heavy atom. The summed E-state index contributed by atoms with van der Waals surface area (Å²) >= 11 is 0. The molecule has 0 N–H and O–H groups in total. The molecule has 0 unspecified atom stereocenters. The van der Waals surface area contributed by atoms with Gasteiger partial charge < -0.3 is 0 Å². The lowest BCUT2D eigenvalue weighted by Gasteiger charge is -2.24. The molecule has 0 nitrogen and oxygen atoms in total. The van der Waals surface area contributed by atoms with Crippen molar-refractivity contribution in [1.82, 2.24) is 0 Å². The Hall–Kier alpha value is -2.96. The molecule has 0 saturated heterocycles. The lowest BCUT2D eigenvalue weighted by atomic mass is 10.4. The van der Waals surface area contributed by atoms with Gasteiger partial charge in [0.15, 0.2) is 0 Å². The summed E-state index contributed by atoms with van der Waals surface area (Å²) in [6.07, 6.45) is 12.0. The fourth-order valence-electron chi connectivity index (χ4n) is 6.56. The standard InChI is InChI=1S/C45H48P4/c1-7-22-40(23-8-1)47(41-24-9-2-10-25-41)37-19-34-46(35-20-38-48(42-26-11-3-12-27-42)43-28-13-4-14-29-43)36-21-39-49(44-30-15-5-16-31-44)45-32-17-6-18-33-45/h1-18,22-33H,19-21,34-39H2. The Labute approximate surface area is 300 Å². The van der Waals surface area contributed by atoms with E-state index < -0.39 is 0 Å². The van der Waals surface area contributed by atoms with E-state index in [1.807, 2.05) is 0 Å². The van der Waals surface area contributed by atoms with Crippen LogP contribution in [-0.2, 0) is 0 Å². The Balaban J connectivity index is 1.15. The van der Waals surface area contributed by atoms with Crippen LogP contribution in [0.25, 0.3) is 0 Å². The van der Waals surface area contributed by atoms with Crippen molar-refractivity contribution in [2.75, 3.05) is 37.0 Å². The largest absolute Gasteiger partial charge is 0.107 e. The van der Waals surface area contributed by atoms with E-state index in [9.17, 15) is 0 Å². The van der Waals surface area contributed by atoms with Crippen LogP contribution in [0.4, 0.5) is 0 Å². The van der Waals surface area contributed by atoms with E-state index in [4.69, 9.17) is 0 Å². The van der Waals surface area contributed by atoms with E-state index in [0.29, 0.717) is 0 Å². The molecule has 0 amide bonds. The zero-order valence-electron chi connectivity index (χ0n) is 28.5. The zero-order valence-corrected chi connectivity index (χ0v) is 32.1. The van der Waals surface area contributed by atoms with Gasteiger partial charge in [0.1, 0.15) is 0 Å². The smallest absolute Gasteiger partial charge is 0.0195 e. The minimum Gasteiger partial charge on any atom is -0.107 e. The van der Waals surface area contributed by atoms with E-state index in [1.165, 1.54) is 88.1 Å². The van der Waals surface area contributed by atoms with E-state index in [0.717, 1.165) is 0 Å². The van der Waals surface area contributed by atoms with Crippen molar-refractivity contribution in [2.24, 2.45) is 0 Å². The number of rotatable bonds is 18. The van der Waals surface area contributed by atoms with Crippen LogP contribution in [0, 0.1) is 0 Å². The molecule has 0 spiro atoms. The number of hydrogen-bond donors (Lipinski definition) is 0. The van der Waals surface area contributed by atoms with Gasteiger partial charge in [0.2, 0.25) is 0 Å². The molecule has 0 aliphatic carbocycles. The van der Waals surface area contributed by atoms with Crippen LogP contribution in [0.1, 0.15) is 19.3 Å². The Bertz CT molecular complexity index is 1400. The van der Waals surface area contributed by atoms with Crippen LogP contribution in [-0.4, -0.2) is 37.0 Å². The molecule has 0 radical (unpaired) electrons. The maximum atomic E-state index is 2.35. The summed E-state index contributed by atoms with van der Waals surface area (Å²) in [7, 11) is -1.03. The first-order valence-electron chi connectivity index (χ1n) is 17.7. The second-order valence-electron chi connectivity index (χ2n) is 12.4. The molecule has 6 rings (SSSR count).